The van der Waals surface area contributed by atoms with Crippen molar-refractivity contribution in [1.29, 1.82) is 0 Å². The van der Waals surface area contributed by atoms with E-state index in [0.29, 0.717) is 6.04 Å². The Labute approximate surface area is 192 Å². The number of rotatable bonds is 6. The molecule has 1 fully saturated rings. The Bertz CT molecular complexity index is 755. The predicted molar refractivity (Wildman–Crippen MR) is 134 cm³/mol. The van der Waals surface area contributed by atoms with Crippen molar-refractivity contribution in [2.24, 2.45) is 4.99 Å². The molecule has 1 aliphatic heterocycles. The summed E-state index contributed by atoms with van der Waals surface area (Å²) in [7, 11) is 5.98. The third kappa shape index (κ3) is 7.51. The molecule has 1 aliphatic rings. The van der Waals surface area contributed by atoms with Crippen molar-refractivity contribution in [2.75, 3.05) is 39.1 Å². The molecule has 1 heterocycles. The summed E-state index contributed by atoms with van der Waals surface area (Å²) < 4.78 is 0. The van der Waals surface area contributed by atoms with E-state index in [1.165, 1.54) is 16.8 Å². The molecule has 0 unspecified atom stereocenters. The first-order valence-electron chi connectivity index (χ1n) is 10.1. The van der Waals surface area contributed by atoms with Crippen molar-refractivity contribution in [3.05, 3.63) is 65.7 Å². The lowest BCUT2D eigenvalue weighted by molar-refractivity contribution is 0.198. The van der Waals surface area contributed by atoms with E-state index in [4.69, 9.17) is 0 Å². The number of aliphatic imine (C=N–C) groups is 1. The molecule has 6 heteroatoms. The highest BCUT2D eigenvalue weighted by molar-refractivity contribution is 14.0. The zero-order valence-electron chi connectivity index (χ0n) is 17.8. The second-order valence-corrected chi connectivity index (χ2v) is 7.67. The Kier molecular flexibility index (Phi) is 9.73. The maximum Gasteiger partial charge on any atom is 0.191 e. The zero-order chi connectivity index (χ0) is 19.8. The van der Waals surface area contributed by atoms with E-state index >= 15 is 0 Å². The maximum atomic E-state index is 4.41. The van der Waals surface area contributed by atoms with Gasteiger partial charge in [-0.15, -0.1) is 24.0 Å². The van der Waals surface area contributed by atoms with Gasteiger partial charge in [0.2, 0.25) is 0 Å². The summed E-state index contributed by atoms with van der Waals surface area (Å²) in [5.41, 5.74) is 3.87. The van der Waals surface area contributed by atoms with Crippen molar-refractivity contribution in [2.45, 2.75) is 32.0 Å². The van der Waals surface area contributed by atoms with Crippen LogP contribution in [0.4, 0.5) is 5.69 Å². The minimum absolute atomic E-state index is 0. The molecule has 3 rings (SSSR count). The van der Waals surface area contributed by atoms with E-state index in [0.717, 1.165) is 45.0 Å². The average molecular weight is 507 g/mol. The molecule has 29 heavy (non-hydrogen) atoms. The topological polar surface area (TPSA) is 42.9 Å². The molecule has 0 aliphatic carbocycles. The van der Waals surface area contributed by atoms with Gasteiger partial charge >= 0.3 is 0 Å². The summed E-state index contributed by atoms with van der Waals surface area (Å²) in [6, 6.07) is 19.8. The van der Waals surface area contributed by atoms with E-state index in [1.54, 1.807) is 0 Å². The van der Waals surface area contributed by atoms with Crippen molar-refractivity contribution in [3.63, 3.8) is 0 Å². The fraction of sp³-hybridized carbons (Fsp3) is 0.435. The Morgan fingerprint density at radius 2 is 1.72 bits per heavy atom. The number of hydrogen-bond acceptors (Lipinski definition) is 3. The lowest BCUT2D eigenvalue weighted by atomic mass is 10.0. The Morgan fingerprint density at radius 3 is 2.38 bits per heavy atom. The second kappa shape index (κ2) is 12.0. The van der Waals surface area contributed by atoms with Crippen LogP contribution < -0.4 is 15.5 Å². The van der Waals surface area contributed by atoms with E-state index in [2.05, 4.69) is 94.1 Å². The molecular formula is C23H34IN5. The quantitative estimate of drug-likeness (QED) is 0.356. The van der Waals surface area contributed by atoms with Crippen molar-refractivity contribution >= 4 is 35.6 Å². The summed E-state index contributed by atoms with van der Waals surface area (Å²) in [6.45, 7) is 4.06. The highest BCUT2D eigenvalue weighted by Crippen LogP contribution is 2.15. The lowest BCUT2D eigenvalue weighted by Crippen LogP contribution is -2.48. The summed E-state index contributed by atoms with van der Waals surface area (Å²) in [5.74, 6) is 0.886. The lowest BCUT2D eigenvalue weighted by Gasteiger charge is -2.33. The van der Waals surface area contributed by atoms with E-state index in [1.807, 2.05) is 7.05 Å². The van der Waals surface area contributed by atoms with Crippen LogP contribution in [0.3, 0.4) is 0 Å². The van der Waals surface area contributed by atoms with Crippen LogP contribution in [0.2, 0.25) is 0 Å². The van der Waals surface area contributed by atoms with Crippen LogP contribution in [0, 0.1) is 0 Å². The number of halogens is 1. The number of likely N-dealkylation sites (tertiary alicyclic amines) is 1. The second-order valence-electron chi connectivity index (χ2n) is 7.67. The number of nitrogens with zero attached hydrogens (tertiary/aromatic N) is 3. The molecule has 2 aromatic carbocycles. The van der Waals surface area contributed by atoms with Gasteiger partial charge in [0.05, 0.1) is 0 Å². The van der Waals surface area contributed by atoms with Crippen LogP contribution in [-0.2, 0) is 13.1 Å². The first-order chi connectivity index (χ1) is 13.6. The number of piperidine rings is 1. The molecule has 1 saturated heterocycles. The molecule has 0 radical (unpaired) electrons. The van der Waals surface area contributed by atoms with Crippen molar-refractivity contribution < 1.29 is 0 Å². The number of guanidine groups is 1. The minimum atomic E-state index is 0. The van der Waals surface area contributed by atoms with Crippen molar-refractivity contribution in [1.82, 2.24) is 15.5 Å². The van der Waals surface area contributed by atoms with Gasteiger partial charge < -0.3 is 15.5 Å². The standard InChI is InChI=1S/C23H33N5.HI/c1-24-23(25-17-20-10-7-11-22(16-20)27(2)3)26-21-12-14-28(15-13-21)18-19-8-5-4-6-9-19;/h4-11,16,21H,12-15,17-18H2,1-3H3,(H2,24,25,26);1H. The smallest absolute Gasteiger partial charge is 0.191 e. The molecule has 0 bridgehead atoms. The van der Waals surface area contributed by atoms with Crippen LogP contribution in [0.25, 0.3) is 0 Å². The summed E-state index contributed by atoms with van der Waals surface area (Å²) in [6.07, 6.45) is 2.29. The van der Waals surface area contributed by atoms with Crippen LogP contribution in [0.5, 0.6) is 0 Å². The van der Waals surface area contributed by atoms with E-state index in [-0.39, 0.29) is 24.0 Å². The summed E-state index contributed by atoms with van der Waals surface area (Å²) >= 11 is 0. The van der Waals surface area contributed by atoms with Crippen molar-refractivity contribution in [3.8, 4) is 0 Å². The molecule has 0 aromatic heterocycles. The van der Waals surface area contributed by atoms with Crippen LogP contribution in [0.1, 0.15) is 24.0 Å². The van der Waals surface area contributed by atoms with Crippen LogP contribution in [-0.4, -0.2) is 51.1 Å². The number of nitrogens with one attached hydrogen (secondary N) is 2. The van der Waals surface area contributed by atoms with Gasteiger partial charge in [0.15, 0.2) is 5.96 Å². The highest BCUT2D eigenvalue weighted by atomic mass is 127. The summed E-state index contributed by atoms with van der Waals surface area (Å²) in [4.78, 5) is 9.07. The molecule has 0 amide bonds. The van der Waals surface area contributed by atoms with Gasteiger partial charge in [0.25, 0.3) is 0 Å². The number of anilines is 1. The Hall–Kier alpha value is -1.80. The number of benzene rings is 2. The van der Waals surface area contributed by atoms with E-state index in [9.17, 15) is 0 Å². The molecular weight excluding hydrogens is 473 g/mol. The van der Waals surface area contributed by atoms with Crippen LogP contribution in [0.15, 0.2) is 59.6 Å². The van der Waals surface area contributed by atoms with Gasteiger partial charge in [0.1, 0.15) is 0 Å². The molecule has 2 aromatic rings. The van der Waals surface area contributed by atoms with E-state index < -0.39 is 0 Å². The fourth-order valence-corrected chi connectivity index (χ4v) is 3.60. The van der Waals surface area contributed by atoms with Gasteiger partial charge in [-0.3, -0.25) is 9.89 Å². The first-order valence-corrected chi connectivity index (χ1v) is 10.1. The molecule has 2 N–H and O–H groups in total. The molecule has 158 valence electrons. The molecule has 0 spiro atoms. The summed E-state index contributed by atoms with van der Waals surface area (Å²) in [5, 5.41) is 7.06. The third-order valence-electron chi connectivity index (χ3n) is 5.29. The monoisotopic (exact) mass is 507 g/mol. The highest BCUT2D eigenvalue weighted by Gasteiger charge is 2.20. The van der Waals surface area contributed by atoms with Crippen LogP contribution >= 0.6 is 24.0 Å². The minimum Gasteiger partial charge on any atom is -0.378 e. The molecule has 0 atom stereocenters. The molecule has 0 saturated carbocycles. The molecule has 5 nitrogen and oxygen atoms in total. The number of hydrogen-bond donors (Lipinski definition) is 2. The Balaban J connectivity index is 0.00000300. The van der Waals surface area contributed by atoms with Gasteiger partial charge in [-0.25, -0.2) is 0 Å². The van der Waals surface area contributed by atoms with Gasteiger partial charge in [-0.2, -0.15) is 0 Å². The third-order valence-corrected chi connectivity index (χ3v) is 5.29. The predicted octanol–water partition coefficient (Wildman–Crippen LogP) is 3.70. The van der Waals surface area contributed by atoms with Gasteiger partial charge in [-0.05, 0) is 36.1 Å². The normalized spacial score (nSPS) is 15.5. The average Bonchev–Trinajstić information content (AvgIpc) is 2.73. The zero-order valence-corrected chi connectivity index (χ0v) is 20.1. The SMILES string of the molecule is CN=C(NCc1cccc(N(C)C)c1)NC1CCN(Cc2ccccc2)CC1.I. The first kappa shape index (κ1) is 23.5. The van der Waals surface area contributed by atoms with Gasteiger partial charge in [-0.1, -0.05) is 42.5 Å². The maximum absolute atomic E-state index is 4.41. The fourth-order valence-electron chi connectivity index (χ4n) is 3.60. The largest absolute Gasteiger partial charge is 0.378 e. The Morgan fingerprint density at radius 1 is 1.03 bits per heavy atom. The van der Waals surface area contributed by atoms with Gasteiger partial charge in [0, 0.05) is 59.1 Å².